The lowest BCUT2D eigenvalue weighted by Crippen LogP contribution is -2.01. The SMILES string of the molecule is O=C(O)c1ccccc1-c1ccc(Cn2cc(C3CC3)nn2)cc1. The van der Waals surface area contributed by atoms with Crippen LogP contribution in [0.2, 0.25) is 0 Å². The Bertz CT molecular complexity index is 880. The third-order valence-corrected chi connectivity index (χ3v) is 4.32. The van der Waals surface area contributed by atoms with Gasteiger partial charge in [-0.25, -0.2) is 9.48 Å². The Balaban J connectivity index is 1.55. The number of rotatable bonds is 5. The summed E-state index contributed by atoms with van der Waals surface area (Å²) in [7, 11) is 0. The van der Waals surface area contributed by atoms with Crippen LogP contribution < -0.4 is 0 Å². The number of carbonyl (C=O) groups is 1. The van der Waals surface area contributed by atoms with Gasteiger partial charge in [0.1, 0.15) is 0 Å². The highest BCUT2D eigenvalue weighted by molar-refractivity contribution is 5.95. The standard InChI is InChI=1S/C19H17N3O2/c23-19(24)17-4-2-1-3-16(17)14-7-5-13(6-8-14)11-22-12-18(20-21-22)15-9-10-15/h1-8,12,15H,9-11H2,(H,23,24). The van der Waals surface area contributed by atoms with Crippen LogP contribution in [-0.4, -0.2) is 26.1 Å². The highest BCUT2D eigenvalue weighted by Gasteiger charge is 2.26. The molecule has 1 aromatic heterocycles. The zero-order valence-electron chi connectivity index (χ0n) is 13.1. The summed E-state index contributed by atoms with van der Waals surface area (Å²) in [5.41, 5.74) is 4.14. The van der Waals surface area contributed by atoms with Crippen LogP contribution in [0.1, 0.15) is 40.4 Å². The van der Waals surface area contributed by atoms with E-state index in [1.54, 1.807) is 12.1 Å². The van der Waals surface area contributed by atoms with Crippen LogP contribution in [0.4, 0.5) is 0 Å². The summed E-state index contributed by atoms with van der Waals surface area (Å²) in [5, 5.41) is 17.7. The summed E-state index contributed by atoms with van der Waals surface area (Å²) in [6, 6.07) is 15.0. The molecule has 0 spiro atoms. The summed E-state index contributed by atoms with van der Waals surface area (Å²) < 4.78 is 1.86. The van der Waals surface area contributed by atoms with Crippen LogP contribution in [0.25, 0.3) is 11.1 Å². The lowest BCUT2D eigenvalue weighted by molar-refractivity contribution is 0.0697. The minimum atomic E-state index is -0.912. The molecule has 0 bridgehead atoms. The zero-order valence-corrected chi connectivity index (χ0v) is 13.1. The number of hydrogen-bond donors (Lipinski definition) is 1. The van der Waals surface area contributed by atoms with Gasteiger partial charge in [-0.15, -0.1) is 5.10 Å². The predicted molar refractivity (Wildman–Crippen MR) is 89.9 cm³/mol. The molecule has 5 nitrogen and oxygen atoms in total. The molecule has 120 valence electrons. The van der Waals surface area contributed by atoms with E-state index in [1.165, 1.54) is 12.8 Å². The van der Waals surface area contributed by atoms with Gasteiger partial charge < -0.3 is 5.11 Å². The molecule has 1 aliphatic carbocycles. The number of carboxylic acids is 1. The van der Waals surface area contributed by atoms with Crippen molar-refractivity contribution in [3.05, 3.63) is 71.5 Å². The normalized spacial score (nSPS) is 13.8. The monoisotopic (exact) mass is 319 g/mol. The van der Waals surface area contributed by atoms with Crippen LogP contribution in [-0.2, 0) is 6.54 Å². The van der Waals surface area contributed by atoms with Crippen molar-refractivity contribution in [3.63, 3.8) is 0 Å². The topological polar surface area (TPSA) is 68.0 Å². The third-order valence-electron chi connectivity index (χ3n) is 4.32. The Hall–Kier alpha value is -2.95. The Morgan fingerprint density at radius 1 is 1.12 bits per heavy atom. The smallest absolute Gasteiger partial charge is 0.336 e. The van der Waals surface area contributed by atoms with E-state index in [4.69, 9.17) is 0 Å². The number of benzene rings is 2. The van der Waals surface area contributed by atoms with Gasteiger partial charge in [-0.2, -0.15) is 0 Å². The van der Waals surface area contributed by atoms with Gasteiger partial charge in [0.25, 0.3) is 0 Å². The van der Waals surface area contributed by atoms with E-state index >= 15 is 0 Å². The molecule has 1 fully saturated rings. The van der Waals surface area contributed by atoms with Crippen molar-refractivity contribution >= 4 is 5.97 Å². The molecule has 0 atom stereocenters. The van der Waals surface area contributed by atoms with Crippen LogP contribution in [0, 0.1) is 0 Å². The van der Waals surface area contributed by atoms with Crippen LogP contribution in [0.5, 0.6) is 0 Å². The van der Waals surface area contributed by atoms with Crippen LogP contribution in [0.15, 0.2) is 54.7 Å². The van der Waals surface area contributed by atoms with Gasteiger partial charge in [0.2, 0.25) is 0 Å². The highest BCUT2D eigenvalue weighted by atomic mass is 16.4. The fourth-order valence-corrected chi connectivity index (χ4v) is 2.85. The van der Waals surface area contributed by atoms with Crippen molar-refractivity contribution in [2.24, 2.45) is 0 Å². The minimum absolute atomic E-state index is 0.315. The maximum Gasteiger partial charge on any atom is 0.336 e. The van der Waals surface area contributed by atoms with Crippen molar-refractivity contribution in [3.8, 4) is 11.1 Å². The van der Waals surface area contributed by atoms with Gasteiger partial charge in [-0.1, -0.05) is 47.7 Å². The van der Waals surface area contributed by atoms with Crippen molar-refractivity contribution in [1.29, 1.82) is 0 Å². The number of hydrogen-bond acceptors (Lipinski definition) is 3. The van der Waals surface area contributed by atoms with E-state index in [9.17, 15) is 9.90 Å². The van der Waals surface area contributed by atoms with E-state index in [0.717, 1.165) is 22.4 Å². The molecule has 2 aromatic carbocycles. The average Bonchev–Trinajstić information content (AvgIpc) is 3.35. The molecule has 4 rings (SSSR count). The second-order valence-corrected chi connectivity index (χ2v) is 6.16. The fraction of sp³-hybridized carbons (Fsp3) is 0.211. The Morgan fingerprint density at radius 2 is 1.88 bits per heavy atom. The zero-order chi connectivity index (χ0) is 16.5. The first-order valence-electron chi connectivity index (χ1n) is 8.02. The third kappa shape index (κ3) is 2.93. The Labute approximate surface area is 139 Å². The van der Waals surface area contributed by atoms with E-state index < -0.39 is 5.97 Å². The first kappa shape index (κ1) is 14.6. The summed E-state index contributed by atoms with van der Waals surface area (Å²) in [4.78, 5) is 11.3. The lowest BCUT2D eigenvalue weighted by Gasteiger charge is -2.07. The molecule has 1 N–H and O–H groups in total. The van der Waals surface area contributed by atoms with Gasteiger partial charge in [0.05, 0.1) is 17.8 Å². The van der Waals surface area contributed by atoms with Gasteiger partial charge in [-0.05, 0) is 35.6 Å². The summed E-state index contributed by atoms with van der Waals surface area (Å²) in [5.74, 6) is -0.307. The van der Waals surface area contributed by atoms with Crippen molar-refractivity contribution in [2.75, 3.05) is 0 Å². The number of aromatic carboxylic acids is 1. The number of carboxylic acid groups (broad SMARTS) is 1. The maximum atomic E-state index is 11.3. The first-order valence-corrected chi connectivity index (χ1v) is 8.02. The molecule has 0 radical (unpaired) electrons. The van der Waals surface area contributed by atoms with Crippen molar-refractivity contribution in [1.82, 2.24) is 15.0 Å². The first-order chi connectivity index (χ1) is 11.7. The molecule has 1 aliphatic rings. The second kappa shape index (κ2) is 5.92. The minimum Gasteiger partial charge on any atom is -0.478 e. The molecule has 0 unspecified atom stereocenters. The van der Waals surface area contributed by atoms with Crippen LogP contribution in [0.3, 0.4) is 0 Å². The molecule has 1 saturated carbocycles. The molecule has 3 aromatic rings. The van der Waals surface area contributed by atoms with E-state index in [1.807, 2.05) is 47.3 Å². The molecule has 24 heavy (non-hydrogen) atoms. The average molecular weight is 319 g/mol. The summed E-state index contributed by atoms with van der Waals surface area (Å²) in [6.07, 6.45) is 4.46. The Kier molecular flexibility index (Phi) is 3.61. The molecule has 0 amide bonds. The summed E-state index contributed by atoms with van der Waals surface area (Å²) >= 11 is 0. The number of aromatic nitrogens is 3. The van der Waals surface area contributed by atoms with Gasteiger partial charge in [0, 0.05) is 12.1 Å². The quantitative estimate of drug-likeness (QED) is 0.780. The highest BCUT2D eigenvalue weighted by Crippen LogP contribution is 2.38. The van der Waals surface area contributed by atoms with Crippen molar-refractivity contribution in [2.45, 2.75) is 25.3 Å². The number of nitrogens with zero attached hydrogens (tertiary/aromatic N) is 3. The molecule has 0 saturated heterocycles. The molecular weight excluding hydrogens is 302 g/mol. The van der Waals surface area contributed by atoms with Gasteiger partial charge in [0.15, 0.2) is 0 Å². The molecule has 5 heteroatoms. The van der Waals surface area contributed by atoms with Crippen molar-refractivity contribution < 1.29 is 9.90 Å². The lowest BCUT2D eigenvalue weighted by atomic mass is 9.99. The largest absolute Gasteiger partial charge is 0.478 e. The van der Waals surface area contributed by atoms with Gasteiger partial charge >= 0.3 is 5.97 Å². The molecule has 0 aliphatic heterocycles. The van der Waals surface area contributed by atoms with Gasteiger partial charge in [-0.3, -0.25) is 0 Å². The fourth-order valence-electron chi connectivity index (χ4n) is 2.85. The molecular formula is C19H17N3O2. The van der Waals surface area contributed by atoms with E-state index in [2.05, 4.69) is 10.3 Å². The van der Waals surface area contributed by atoms with Crippen LogP contribution >= 0.6 is 0 Å². The maximum absolute atomic E-state index is 11.3. The molecule has 1 heterocycles. The predicted octanol–water partition coefficient (Wildman–Crippen LogP) is 3.57. The van der Waals surface area contributed by atoms with E-state index in [0.29, 0.717) is 18.0 Å². The summed E-state index contributed by atoms with van der Waals surface area (Å²) in [6.45, 7) is 0.667. The Morgan fingerprint density at radius 3 is 2.58 bits per heavy atom. The van der Waals surface area contributed by atoms with E-state index in [-0.39, 0.29) is 0 Å². The second-order valence-electron chi connectivity index (χ2n) is 6.16.